The van der Waals surface area contributed by atoms with Crippen LogP contribution < -0.4 is 29.1 Å². The van der Waals surface area contributed by atoms with Crippen molar-refractivity contribution in [2.24, 2.45) is 7.05 Å². The normalized spacial score (nSPS) is 11.0. The molecule has 0 saturated heterocycles. The van der Waals surface area contributed by atoms with Crippen LogP contribution in [0.3, 0.4) is 0 Å². The number of fused-ring (bicyclic) bond motifs is 1. The number of methoxy groups -OCH3 is 2. The minimum atomic E-state index is -3.92. The van der Waals surface area contributed by atoms with E-state index in [0.29, 0.717) is 41.3 Å². The third-order valence-electron chi connectivity index (χ3n) is 7.42. The highest BCUT2D eigenvalue weighted by Crippen LogP contribution is 2.30. The van der Waals surface area contributed by atoms with Crippen LogP contribution >= 0.6 is 0 Å². The Kier molecular flexibility index (Phi) is 12.3. The van der Waals surface area contributed by atoms with E-state index in [2.05, 4.69) is 12.3 Å². The van der Waals surface area contributed by atoms with E-state index in [-0.39, 0.29) is 23.2 Å². The molecule has 2 heterocycles. The summed E-state index contributed by atoms with van der Waals surface area (Å²) in [6.45, 7) is 2.18. The molecule has 0 N–H and O–H groups in total. The van der Waals surface area contributed by atoms with Crippen molar-refractivity contribution in [2.75, 3.05) is 38.5 Å². The molecule has 0 aliphatic heterocycles. The zero-order valence-corrected chi connectivity index (χ0v) is 29.0. The molecule has 50 heavy (non-hydrogen) atoms. The Balaban J connectivity index is 0.00000105. The topological polar surface area (TPSA) is 131 Å². The van der Waals surface area contributed by atoms with Gasteiger partial charge >= 0.3 is 0 Å². The molecule has 11 nitrogen and oxygen atoms in total. The van der Waals surface area contributed by atoms with Gasteiger partial charge in [-0.2, -0.15) is 0 Å². The average Bonchev–Trinajstić information content (AvgIpc) is 3.05. The van der Waals surface area contributed by atoms with Gasteiger partial charge in [0.1, 0.15) is 41.5 Å². The lowest BCUT2D eigenvalue weighted by Crippen LogP contribution is -2.35. The number of nitrogens with zero attached hydrogens (tertiary/aromatic N) is 3. The Hall–Kier alpha value is -5.34. The fraction of sp³-hybridized carbons (Fsp3) is 0.250. The Morgan fingerprint density at radius 3 is 2.24 bits per heavy atom. The zero-order valence-electron chi connectivity index (χ0n) is 28.2. The van der Waals surface area contributed by atoms with E-state index in [4.69, 9.17) is 27.2 Å². The third-order valence-corrected chi connectivity index (χ3v) is 7.42. The molecule has 1 amide bonds. The zero-order chi connectivity index (χ0) is 36.6. The molecule has 0 radical (unpaired) electrons. The lowest BCUT2D eigenvalue weighted by molar-refractivity contribution is -0.671. The summed E-state index contributed by atoms with van der Waals surface area (Å²) in [5.74, 6) is -0.815. The summed E-state index contributed by atoms with van der Waals surface area (Å²) >= 11 is 0. The smallest absolute Gasteiger partial charge is 0.263 e. The van der Waals surface area contributed by atoms with E-state index in [1.165, 1.54) is 26.0 Å². The molecule has 0 unspecified atom stereocenters. The molecule has 5 aromatic rings. The van der Waals surface area contributed by atoms with E-state index < -0.39 is 33.1 Å². The molecular formula is C36H37F2N3O8S. The molecule has 3 aromatic carbocycles. The van der Waals surface area contributed by atoms with Gasteiger partial charge in [0, 0.05) is 72.0 Å². The molecular weight excluding hydrogens is 672 g/mol. The Morgan fingerprint density at radius 2 is 1.62 bits per heavy atom. The van der Waals surface area contributed by atoms with Gasteiger partial charge in [-0.05, 0) is 50.1 Å². The molecule has 2 aromatic heterocycles. The van der Waals surface area contributed by atoms with Crippen molar-refractivity contribution in [3.63, 3.8) is 0 Å². The van der Waals surface area contributed by atoms with Crippen LogP contribution in [0.4, 0.5) is 14.5 Å². The second-order valence-corrected chi connectivity index (χ2v) is 12.6. The van der Waals surface area contributed by atoms with Gasteiger partial charge < -0.3 is 28.2 Å². The van der Waals surface area contributed by atoms with Crippen molar-refractivity contribution < 1.29 is 45.3 Å². The highest BCUT2D eigenvalue weighted by Gasteiger charge is 2.24. The SMILES string of the molecule is CCN(C(=O)c1cn(-c2cc(OC)cc(OCCCc3ccc[n+](C)c3)c2)c2cc(OC)ccc2c1=O)c1cc(F)cc(F)c1.CS(=O)(=O)[O-]. The van der Waals surface area contributed by atoms with Gasteiger partial charge in [-0.25, -0.2) is 21.8 Å². The van der Waals surface area contributed by atoms with Crippen LogP contribution in [0.2, 0.25) is 0 Å². The first-order valence-corrected chi connectivity index (χ1v) is 17.2. The number of carbonyl (C=O) groups is 1. The number of benzene rings is 3. The Labute approximate surface area is 288 Å². The van der Waals surface area contributed by atoms with Gasteiger partial charge in [-0.1, -0.05) is 0 Å². The van der Waals surface area contributed by atoms with Crippen LogP contribution in [0.15, 0.2) is 90.1 Å². The number of hydrogen-bond donors (Lipinski definition) is 0. The summed E-state index contributed by atoms with van der Waals surface area (Å²) in [6, 6.07) is 17.1. The second kappa shape index (κ2) is 16.4. The molecule has 0 saturated carbocycles. The van der Waals surface area contributed by atoms with Crippen LogP contribution in [0.25, 0.3) is 16.6 Å². The number of carbonyl (C=O) groups excluding carboxylic acids is 1. The Bertz CT molecular complexity index is 2150. The maximum atomic E-state index is 14.1. The fourth-order valence-corrected chi connectivity index (χ4v) is 5.24. The van der Waals surface area contributed by atoms with Crippen molar-refractivity contribution in [2.45, 2.75) is 19.8 Å². The fourth-order valence-electron chi connectivity index (χ4n) is 5.24. The highest BCUT2D eigenvalue weighted by molar-refractivity contribution is 7.84. The van der Waals surface area contributed by atoms with Crippen LogP contribution in [-0.4, -0.2) is 57.1 Å². The molecule has 264 valence electrons. The van der Waals surface area contributed by atoms with E-state index in [0.717, 1.165) is 35.9 Å². The first kappa shape index (κ1) is 37.5. The number of hydrogen-bond acceptors (Lipinski definition) is 8. The molecule has 14 heteroatoms. The van der Waals surface area contributed by atoms with E-state index >= 15 is 0 Å². The molecule has 5 rings (SSSR count). The van der Waals surface area contributed by atoms with Crippen molar-refractivity contribution in [3.8, 4) is 22.9 Å². The lowest BCUT2D eigenvalue weighted by atomic mass is 10.1. The van der Waals surface area contributed by atoms with E-state index in [9.17, 15) is 18.4 Å². The largest absolute Gasteiger partial charge is 0.748 e. The molecule has 0 fully saturated rings. The summed E-state index contributed by atoms with van der Waals surface area (Å²) in [4.78, 5) is 28.8. The first-order chi connectivity index (χ1) is 23.7. The minimum Gasteiger partial charge on any atom is -0.748 e. The molecule has 0 bridgehead atoms. The van der Waals surface area contributed by atoms with Gasteiger partial charge in [0.2, 0.25) is 5.43 Å². The predicted octanol–water partition coefficient (Wildman–Crippen LogP) is 4.95. The number of rotatable bonds is 11. The van der Waals surface area contributed by atoms with E-state index in [1.807, 2.05) is 23.9 Å². The number of anilines is 1. The number of aryl methyl sites for hydroxylation is 2. The number of aromatic nitrogens is 2. The van der Waals surface area contributed by atoms with Crippen LogP contribution in [0.1, 0.15) is 29.3 Å². The number of ether oxygens (including phenoxy) is 3. The van der Waals surface area contributed by atoms with Gasteiger partial charge in [0.05, 0.1) is 42.1 Å². The number of halogens is 2. The van der Waals surface area contributed by atoms with Crippen LogP contribution in [-0.2, 0) is 23.6 Å². The van der Waals surface area contributed by atoms with Crippen LogP contribution in [0.5, 0.6) is 17.2 Å². The first-order valence-electron chi connectivity index (χ1n) is 15.4. The molecule has 0 spiro atoms. The van der Waals surface area contributed by atoms with Crippen molar-refractivity contribution >= 4 is 32.6 Å². The predicted molar refractivity (Wildman–Crippen MR) is 183 cm³/mol. The molecule has 0 aliphatic rings. The van der Waals surface area contributed by atoms with Crippen molar-refractivity contribution in [3.05, 3.63) is 118 Å². The number of pyridine rings is 2. The third kappa shape index (κ3) is 9.86. The molecule has 0 atom stereocenters. The standard InChI is InChI=1S/C35H34F2N3O5.CH4O3S/c1-5-39(26-15-24(36)14-25(37)16-26)35(42)32-22-40(33-20-28(43-3)10-11-31(33)34(32)41)27-17-29(44-4)19-30(18-27)45-13-7-9-23-8-6-12-38(2)21-23;1-5(2,3)4/h6,8,10-12,14-22H,5,7,9,13H2,1-4H3;1H3,(H,2,3,4)/q+1;/p-1. The highest BCUT2D eigenvalue weighted by atomic mass is 32.2. The van der Waals surface area contributed by atoms with Gasteiger partial charge in [-0.15, -0.1) is 0 Å². The molecule has 0 aliphatic carbocycles. The monoisotopic (exact) mass is 709 g/mol. The second-order valence-electron chi connectivity index (χ2n) is 11.2. The van der Waals surface area contributed by atoms with Gasteiger partial charge in [0.15, 0.2) is 12.4 Å². The summed E-state index contributed by atoms with van der Waals surface area (Å²) < 4.78 is 76.2. The lowest BCUT2D eigenvalue weighted by Gasteiger charge is -2.22. The summed E-state index contributed by atoms with van der Waals surface area (Å²) in [6.07, 6.45) is 7.70. The van der Waals surface area contributed by atoms with E-state index in [1.54, 1.807) is 47.9 Å². The quantitative estimate of drug-likeness (QED) is 0.107. The summed E-state index contributed by atoms with van der Waals surface area (Å²) in [7, 11) is 1.12. The van der Waals surface area contributed by atoms with Gasteiger partial charge in [0.25, 0.3) is 5.91 Å². The maximum absolute atomic E-state index is 14.1. The average molecular weight is 710 g/mol. The number of amides is 1. The maximum Gasteiger partial charge on any atom is 0.263 e. The minimum absolute atomic E-state index is 0.00195. The Morgan fingerprint density at radius 1 is 0.960 bits per heavy atom. The van der Waals surface area contributed by atoms with Crippen LogP contribution in [0, 0.1) is 11.6 Å². The van der Waals surface area contributed by atoms with Gasteiger partial charge in [-0.3, -0.25) is 9.59 Å². The summed E-state index contributed by atoms with van der Waals surface area (Å²) in [5.41, 5.74) is 1.53. The van der Waals surface area contributed by atoms with Crippen molar-refractivity contribution in [1.82, 2.24) is 4.57 Å². The summed E-state index contributed by atoms with van der Waals surface area (Å²) in [5, 5.41) is 0.254. The van der Waals surface area contributed by atoms with Crippen molar-refractivity contribution in [1.29, 1.82) is 0 Å².